The Hall–Kier alpha value is -5.08. The van der Waals surface area contributed by atoms with Gasteiger partial charge in [-0.3, -0.25) is 0 Å². The van der Waals surface area contributed by atoms with Gasteiger partial charge in [-0.2, -0.15) is 0 Å². The summed E-state index contributed by atoms with van der Waals surface area (Å²) in [6.07, 6.45) is 0. The van der Waals surface area contributed by atoms with Crippen molar-refractivity contribution in [2.24, 2.45) is 0 Å². The molecule has 0 fully saturated rings. The fourth-order valence-electron chi connectivity index (χ4n) is 5.65. The molecule has 1 heterocycles. The summed E-state index contributed by atoms with van der Waals surface area (Å²) in [4.78, 5) is 2.25. The topological polar surface area (TPSA) is 8.17 Å². The van der Waals surface area contributed by atoms with E-state index in [2.05, 4.69) is 168 Å². The van der Waals surface area contributed by atoms with E-state index in [1.165, 1.54) is 55.4 Å². The van der Waals surface area contributed by atoms with Crippen LogP contribution in [0.2, 0.25) is 0 Å². The van der Waals surface area contributed by atoms with E-state index in [1.807, 2.05) is 0 Å². The molecular weight excluding hydrogens is 472 g/mol. The summed E-state index contributed by atoms with van der Waals surface area (Å²) in [5.74, 6) is 0. The quantitative estimate of drug-likeness (QED) is 0.228. The molecule has 0 aliphatic carbocycles. The van der Waals surface area contributed by atoms with Crippen LogP contribution in [0.1, 0.15) is 0 Å². The smallest absolute Gasteiger partial charge is 0.0542 e. The van der Waals surface area contributed by atoms with Crippen molar-refractivity contribution in [3.8, 4) is 27.9 Å². The van der Waals surface area contributed by atoms with Gasteiger partial charge in [0.05, 0.1) is 11.0 Å². The Kier molecular flexibility index (Phi) is 5.71. The first-order valence-electron chi connectivity index (χ1n) is 13.4. The summed E-state index contributed by atoms with van der Waals surface area (Å²) in [6, 6.07) is 54.2. The van der Waals surface area contributed by atoms with Crippen LogP contribution in [-0.2, 0) is 0 Å². The van der Waals surface area contributed by atoms with E-state index >= 15 is 0 Å². The monoisotopic (exact) mass is 500 g/mol. The number of aromatic nitrogens is 1. The van der Waals surface area contributed by atoms with Gasteiger partial charge in [-0.05, 0) is 76.9 Å². The largest absolute Gasteiger partial charge is 0.345 e. The van der Waals surface area contributed by atoms with Crippen molar-refractivity contribution in [1.29, 1.82) is 0 Å². The highest BCUT2D eigenvalue weighted by Gasteiger charge is 2.16. The highest BCUT2D eigenvalue weighted by Crippen LogP contribution is 2.39. The van der Waals surface area contributed by atoms with E-state index in [1.54, 1.807) is 0 Å². The Morgan fingerprint density at radius 1 is 0.436 bits per heavy atom. The van der Waals surface area contributed by atoms with Gasteiger partial charge in [0.25, 0.3) is 0 Å². The molecule has 0 saturated heterocycles. The minimum Gasteiger partial charge on any atom is -0.345 e. The molecule has 0 unspecified atom stereocenters. The van der Waals surface area contributed by atoms with Gasteiger partial charge in [-0.25, -0.2) is 0 Å². The third kappa shape index (κ3) is 4.07. The molecule has 0 amide bonds. The Bertz CT molecular complexity index is 1900. The van der Waals surface area contributed by atoms with Crippen molar-refractivity contribution in [2.45, 2.75) is 0 Å². The predicted octanol–water partition coefficient (Wildman–Crippen LogP) is 9.89. The van der Waals surface area contributed by atoms with Gasteiger partial charge in [0, 0.05) is 34.9 Å². The van der Waals surface area contributed by atoms with Crippen LogP contribution in [0, 0.1) is 0 Å². The van der Waals surface area contributed by atoms with E-state index in [9.17, 15) is 0 Å². The molecule has 0 spiro atoms. The first-order valence-corrected chi connectivity index (χ1v) is 13.4. The zero-order valence-electron chi connectivity index (χ0n) is 21.8. The Morgan fingerprint density at radius 2 is 0.974 bits per heavy atom. The normalized spacial score (nSPS) is 11.2. The molecule has 0 radical (unpaired) electrons. The lowest BCUT2D eigenvalue weighted by atomic mass is 9.94. The molecule has 186 valence electrons. The second-order valence-electron chi connectivity index (χ2n) is 9.91. The third-order valence-corrected chi connectivity index (χ3v) is 7.62. The summed E-state index contributed by atoms with van der Waals surface area (Å²) in [7, 11) is 2.13. The van der Waals surface area contributed by atoms with Crippen LogP contribution in [0.4, 0.5) is 11.4 Å². The van der Waals surface area contributed by atoms with Gasteiger partial charge in [0.2, 0.25) is 0 Å². The molecule has 7 aromatic rings. The fourth-order valence-corrected chi connectivity index (χ4v) is 5.65. The first-order chi connectivity index (χ1) is 19.3. The van der Waals surface area contributed by atoms with Gasteiger partial charge >= 0.3 is 0 Å². The summed E-state index contributed by atoms with van der Waals surface area (Å²) in [6.45, 7) is 0. The van der Waals surface area contributed by atoms with Crippen LogP contribution < -0.4 is 4.90 Å². The number of hydrogen-bond acceptors (Lipinski definition) is 1. The van der Waals surface area contributed by atoms with Gasteiger partial charge in [0.1, 0.15) is 0 Å². The van der Waals surface area contributed by atoms with Crippen LogP contribution in [0.3, 0.4) is 0 Å². The number of hydrogen-bond donors (Lipinski definition) is 0. The average molecular weight is 501 g/mol. The lowest BCUT2D eigenvalue weighted by Gasteiger charge is -2.19. The number of fused-ring (bicyclic) bond motifs is 3. The molecule has 7 rings (SSSR count). The summed E-state index contributed by atoms with van der Waals surface area (Å²) >= 11 is 0. The fraction of sp³-hybridized carbons (Fsp3) is 0.0270. The zero-order valence-corrected chi connectivity index (χ0v) is 21.8. The lowest BCUT2D eigenvalue weighted by molar-refractivity contribution is 1.17. The van der Waals surface area contributed by atoms with Crippen molar-refractivity contribution < 1.29 is 0 Å². The lowest BCUT2D eigenvalue weighted by Crippen LogP contribution is -2.08. The van der Waals surface area contributed by atoms with Crippen molar-refractivity contribution in [1.82, 2.24) is 4.57 Å². The maximum absolute atomic E-state index is 2.38. The number of benzene rings is 6. The molecule has 1 aromatic heterocycles. The van der Waals surface area contributed by atoms with Crippen LogP contribution in [0.15, 0.2) is 152 Å². The summed E-state index contributed by atoms with van der Waals surface area (Å²) in [5.41, 5.74) is 10.8. The molecule has 0 saturated carbocycles. The van der Waals surface area contributed by atoms with Crippen LogP contribution in [0.5, 0.6) is 0 Å². The Morgan fingerprint density at radius 3 is 1.67 bits per heavy atom. The SMILES string of the molecule is CN(c1ccccc1)c1ccc2c(c1)c1cc(-c3ccccc3-c3ccccc3)ccc1n2-c1ccccc1. The second kappa shape index (κ2) is 9.66. The molecule has 2 heteroatoms. The van der Waals surface area contributed by atoms with Gasteiger partial charge in [-0.1, -0.05) is 97.1 Å². The van der Waals surface area contributed by atoms with Crippen LogP contribution in [0.25, 0.3) is 49.7 Å². The number of para-hydroxylation sites is 2. The summed E-state index contributed by atoms with van der Waals surface area (Å²) in [5, 5.41) is 2.49. The molecule has 6 aromatic carbocycles. The Balaban J connectivity index is 1.47. The molecular formula is C37H28N2. The van der Waals surface area contributed by atoms with E-state index in [0.29, 0.717) is 0 Å². The van der Waals surface area contributed by atoms with Crippen LogP contribution >= 0.6 is 0 Å². The molecule has 0 aliphatic rings. The highest BCUT2D eigenvalue weighted by molar-refractivity contribution is 6.12. The minimum absolute atomic E-state index is 1.16. The highest BCUT2D eigenvalue weighted by atomic mass is 15.1. The minimum atomic E-state index is 1.16. The predicted molar refractivity (Wildman–Crippen MR) is 166 cm³/mol. The van der Waals surface area contributed by atoms with E-state index in [-0.39, 0.29) is 0 Å². The summed E-state index contributed by atoms with van der Waals surface area (Å²) < 4.78 is 2.38. The molecule has 0 aliphatic heterocycles. The molecule has 0 atom stereocenters. The first kappa shape index (κ1) is 23.1. The standard InChI is InChI=1S/C37H28N2/c1-38(29-15-7-3-8-16-29)31-22-24-37-35(26-31)34-25-28(21-23-36(34)39(37)30-17-9-4-10-18-30)33-20-12-11-19-32(33)27-13-5-2-6-14-27/h2-26H,1H3. The average Bonchev–Trinajstić information content (AvgIpc) is 3.35. The second-order valence-corrected chi connectivity index (χ2v) is 9.91. The van der Waals surface area contributed by atoms with E-state index < -0.39 is 0 Å². The molecule has 39 heavy (non-hydrogen) atoms. The van der Waals surface area contributed by atoms with Crippen molar-refractivity contribution in [2.75, 3.05) is 11.9 Å². The van der Waals surface area contributed by atoms with Gasteiger partial charge < -0.3 is 9.47 Å². The van der Waals surface area contributed by atoms with E-state index in [0.717, 1.165) is 5.69 Å². The molecule has 2 nitrogen and oxygen atoms in total. The van der Waals surface area contributed by atoms with Crippen molar-refractivity contribution >= 4 is 33.2 Å². The number of anilines is 2. The van der Waals surface area contributed by atoms with E-state index in [4.69, 9.17) is 0 Å². The van der Waals surface area contributed by atoms with Gasteiger partial charge in [0.15, 0.2) is 0 Å². The Labute approximate surface area is 229 Å². The molecule has 0 bridgehead atoms. The maximum atomic E-state index is 2.38. The van der Waals surface area contributed by atoms with Crippen molar-refractivity contribution in [3.63, 3.8) is 0 Å². The zero-order chi connectivity index (χ0) is 26.2. The number of nitrogens with zero attached hydrogens (tertiary/aromatic N) is 2. The van der Waals surface area contributed by atoms with Crippen molar-refractivity contribution in [3.05, 3.63) is 152 Å². The third-order valence-electron chi connectivity index (χ3n) is 7.62. The van der Waals surface area contributed by atoms with Crippen LogP contribution in [-0.4, -0.2) is 11.6 Å². The number of rotatable bonds is 5. The molecule has 0 N–H and O–H groups in total. The van der Waals surface area contributed by atoms with Gasteiger partial charge in [-0.15, -0.1) is 0 Å². The maximum Gasteiger partial charge on any atom is 0.0542 e.